The number of carbonyl (C=O) groups excluding carboxylic acids is 1. The molecule has 0 spiro atoms. The number of nitrogens with zero attached hydrogens (tertiary/aromatic N) is 1. The van der Waals surface area contributed by atoms with Crippen molar-refractivity contribution in [2.75, 3.05) is 32.6 Å². The Morgan fingerprint density at radius 2 is 1.83 bits per heavy atom. The van der Waals surface area contributed by atoms with Gasteiger partial charge in [-0.25, -0.2) is 0 Å². The summed E-state index contributed by atoms with van der Waals surface area (Å²) in [6.45, 7) is 1.07. The fourth-order valence-electron chi connectivity index (χ4n) is 1.94. The lowest BCUT2D eigenvalue weighted by Crippen LogP contribution is -2.21. The molecule has 23 heavy (non-hydrogen) atoms. The molecule has 0 bridgehead atoms. The predicted octanol–water partition coefficient (Wildman–Crippen LogP) is 4.19. The van der Waals surface area contributed by atoms with Gasteiger partial charge in [-0.2, -0.15) is 0 Å². The Bertz CT molecular complexity index is 673. The number of ether oxygens (including phenoxy) is 1. The molecule has 0 aliphatic heterocycles. The lowest BCUT2D eigenvalue weighted by Gasteiger charge is -2.12. The summed E-state index contributed by atoms with van der Waals surface area (Å²) in [6, 6.07) is 12.4. The number of amides is 1. The van der Waals surface area contributed by atoms with Crippen LogP contribution in [0.4, 0.5) is 5.69 Å². The topological polar surface area (TPSA) is 41.6 Å². The predicted molar refractivity (Wildman–Crippen MR) is 94.9 cm³/mol. The molecule has 0 saturated carbocycles. The summed E-state index contributed by atoms with van der Waals surface area (Å²) in [6.07, 6.45) is 0. The van der Waals surface area contributed by atoms with Crippen molar-refractivity contribution < 1.29 is 9.53 Å². The van der Waals surface area contributed by atoms with E-state index < -0.39 is 0 Å². The van der Waals surface area contributed by atoms with E-state index in [0.29, 0.717) is 34.5 Å². The highest BCUT2D eigenvalue weighted by atomic mass is 35.5. The van der Waals surface area contributed by atoms with Crippen LogP contribution in [0.2, 0.25) is 10.0 Å². The number of hydrogen-bond donors (Lipinski definition) is 1. The second-order valence-electron chi connectivity index (χ2n) is 5.13. The molecule has 1 amide bonds. The Kier molecular flexibility index (Phi) is 6.13. The van der Waals surface area contributed by atoms with E-state index in [1.807, 2.05) is 12.1 Å². The van der Waals surface area contributed by atoms with Crippen LogP contribution in [0.5, 0.6) is 5.75 Å². The lowest BCUT2D eigenvalue weighted by atomic mass is 10.2. The van der Waals surface area contributed by atoms with Crippen molar-refractivity contribution in [3.8, 4) is 5.75 Å². The van der Waals surface area contributed by atoms with Crippen molar-refractivity contribution >= 4 is 34.8 Å². The minimum atomic E-state index is -0.0164. The molecule has 122 valence electrons. The number of carbonyl (C=O) groups is 1. The summed E-state index contributed by atoms with van der Waals surface area (Å²) in [4.78, 5) is 13.3. The molecule has 0 saturated heterocycles. The number of benzene rings is 2. The highest BCUT2D eigenvalue weighted by molar-refractivity contribution is 6.35. The maximum Gasteiger partial charge on any atom is 0.253 e. The minimum absolute atomic E-state index is 0.0164. The lowest BCUT2D eigenvalue weighted by molar-refractivity contribution is 0.0827. The van der Waals surface area contributed by atoms with Gasteiger partial charge in [-0.15, -0.1) is 0 Å². The average Bonchev–Trinajstić information content (AvgIpc) is 2.53. The van der Waals surface area contributed by atoms with E-state index in [1.165, 1.54) is 0 Å². The summed E-state index contributed by atoms with van der Waals surface area (Å²) >= 11 is 11.9. The molecule has 0 aliphatic carbocycles. The fourth-order valence-corrected chi connectivity index (χ4v) is 2.40. The van der Waals surface area contributed by atoms with Gasteiger partial charge in [-0.05, 0) is 42.5 Å². The molecule has 4 nitrogen and oxygen atoms in total. The third-order valence-electron chi connectivity index (χ3n) is 3.12. The second kappa shape index (κ2) is 8.09. The third kappa shape index (κ3) is 5.05. The van der Waals surface area contributed by atoms with Crippen LogP contribution in [0.15, 0.2) is 42.5 Å². The smallest absolute Gasteiger partial charge is 0.253 e. The molecule has 2 aromatic rings. The third-order valence-corrected chi connectivity index (χ3v) is 3.65. The van der Waals surface area contributed by atoms with Gasteiger partial charge >= 0.3 is 0 Å². The molecule has 2 aromatic carbocycles. The van der Waals surface area contributed by atoms with Crippen molar-refractivity contribution in [1.82, 2.24) is 4.90 Å². The molecule has 2 rings (SSSR count). The van der Waals surface area contributed by atoms with Crippen LogP contribution >= 0.6 is 23.2 Å². The van der Waals surface area contributed by atoms with Gasteiger partial charge in [0, 0.05) is 36.9 Å². The van der Waals surface area contributed by atoms with Gasteiger partial charge < -0.3 is 15.0 Å². The quantitative estimate of drug-likeness (QED) is 0.792. The summed E-state index contributed by atoms with van der Waals surface area (Å²) in [5.41, 5.74) is 1.58. The number of rotatable bonds is 6. The molecular formula is C17H18Cl2N2O2. The molecule has 0 fully saturated rings. The Labute approximate surface area is 146 Å². The average molecular weight is 353 g/mol. The SMILES string of the molecule is CN(C)C(=O)c1ccc(NCCOc2ccc(Cl)cc2Cl)cc1. The van der Waals surface area contributed by atoms with Gasteiger partial charge in [-0.1, -0.05) is 23.2 Å². The van der Waals surface area contributed by atoms with Gasteiger partial charge in [0.2, 0.25) is 0 Å². The fraction of sp³-hybridized carbons (Fsp3) is 0.235. The number of hydrogen-bond acceptors (Lipinski definition) is 3. The van der Waals surface area contributed by atoms with Crippen LogP contribution < -0.4 is 10.1 Å². The molecule has 0 aliphatic rings. The zero-order valence-corrected chi connectivity index (χ0v) is 14.5. The highest BCUT2D eigenvalue weighted by Gasteiger charge is 2.07. The van der Waals surface area contributed by atoms with Crippen molar-refractivity contribution in [2.45, 2.75) is 0 Å². The first kappa shape index (κ1) is 17.4. The van der Waals surface area contributed by atoms with E-state index in [1.54, 1.807) is 49.3 Å². The standard InChI is InChI=1S/C17H18Cl2N2O2/c1-21(2)17(22)12-3-6-14(7-4-12)20-9-10-23-16-8-5-13(18)11-15(16)19/h3-8,11,20H,9-10H2,1-2H3. The van der Waals surface area contributed by atoms with Crippen molar-refractivity contribution in [3.05, 3.63) is 58.1 Å². The molecule has 0 radical (unpaired) electrons. The van der Waals surface area contributed by atoms with E-state index in [-0.39, 0.29) is 5.91 Å². The summed E-state index contributed by atoms with van der Waals surface area (Å²) < 4.78 is 5.59. The summed E-state index contributed by atoms with van der Waals surface area (Å²) in [5.74, 6) is 0.585. The van der Waals surface area contributed by atoms with Crippen LogP contribution in [0.25, 0.3) is 0 Å². The highest BCUT2D eigenvalue weighted by Crippen LogP contribution is 2.27. The normalized spacial score (nSPS) is 10.3. The van der Waals surface area contributed by atoms with E-state index in [0.717, 1.165) is 5.69 Å². The zero-order valence-electron chi connectivity index (χ0n) is 13.0. The Balaban J connectivity index is 1.81. The maximum atomic E-state index is 11.8. The van der Waals surface area contributed by atoms with E-state index >= 15 is 0 Å². The number of anilines is 1. The molecule has 0 unspecified atom stereocenters. The Morgan fingerprint density at radius 3 is 2.43 bits per heavy atom. The van der Waals surface area contributed by atoms with E-state index in [9.17, 15) is 4.79 Å². The molecule has 0 atom stereocenters. The molecule has 6 heteroatoms. The Morgan fingerprint density at radius 1 is 1.13 bits per heavy atom. The van der Waals surface area contributed by atoms with Crippen molar-refractivity contribution in [3.63, 3.8) is 0 Å². The first-order valence-corrected chi connectivity index (χ1v) is 7.86. The van der Waals surface area contributed by atoms with Crippen LogP contribution in [-0.4, -0.2) is 38.1 Å². The summed E-state index contributed by atoms with van der Waals surface area (Å²) in [5, 5.41) is 4.29. The van der Waals surface area contributed by atoms with Crippen LogP contribution in [0.3, 0.4) is 0 Å². The molecular weight excluding hydrogens is 335 g/mol. The van der Waals surface area contributed by atoms with E-state index in [4.69, 9.17) is 27.9 Å². The number of nitrogens with one attached hydrogen (secondary N) is 1. The zero-order chi connectivity index (χ0) is 16.8. The molecule has 0 heterocycles. The first-order valence-electron chi connectivity index (χ1n) is 7.11. The van der Waals surface area contributed by atoms with Crippen LogP contribution in [0.1, 0.15) is 10.4 Å². The van der Waals surface area contributed by atoms with Gasteiger partial charge in [-0.3, -0.25) is 4.79 Å². The summed E-state index contributed by atoms with van der Waals surface area (Å²) in [7, 11) is 3.46. The van der Waals surface area contributed by atoms with Gasteiger partial charge in [0.15, 0.2) is 0 Å². The molecule has 1 N–H and O–H groups in total. The van der Waals surface area contributed by atoms with E-state index in [2.05, 4.69) is 5.32 Å². The van der Waals surface area contributed by atoms with Crippen molar-refractivity contribution in [2.24, 2.45) is 0 Å². The van der Waals surface area contributed by atoms with Gasteiger partial charge in [0.25, 0.3) is 5.91 Å². The van der Waals surface area contributed by atoms with Crippen LogP contribution in [0, 0.1) is 0 Å². The number of halogens is 2. The van der Waals surface area contributed by atoms with Gasteiger partial charge in [0.05, 0.1) is 5.02 Å². The van der Waals surface area contributed by atoms with Crippen LogP contribution in [-0.2, 0) is 0 Å². The maximum absolute atomic E-state index is 11.8. The first-order chi connectivity index (χ1) is 11.0. The minimum Gasteiger partial charge on any atom is -0.490 e. The van der Waals surface area contributed by atoms with Crippen molar-refractivity contribution in [1.29, 1.82) is 0 Å². The Hall–Kier alpha value is -1.91. The largest absolute Gasteiger partial charge is 0.490 e. The molecule has 0 aromatic heterocycles. The monoisotopic (exact) mass is 352 g/mol. The van der Waals surface area contributed by atoms with Gasteiger partial charge in [0.1, 0.15) is 12.4 Å². The second-order valence-corrected chi connectivity index (χ2v) is 5.97.